The number of phenolic OH excluding ortho intramolecular Hbond substituents is 1. The largest absolute Gasteiger partial charge is 0.507 e. The average Bonchev–Trinajstić information content (AvgIpc) is 2.69. The van der Waals surface area contributed by atoms with E-state index < -0.39 is 0 Å². The minimum Gasteiger partial charge on any atom is -0.507 e. The SMILES string of the molecule is Oc1ccccc1C1=N[C@@H](c2ccccc2Cl)N[C@@H](c2cccnc2)C1. The van der Waals surface area contributed by atoms with Crippen molar-refractivity contribution < 1.29 is 5.11 Å². The molecule has 0 radical (unpaired) electrons. The maximum atomic E-state index is 10.3. The first-order chi connectivity index (χ1) is 12.7. The fourth-order valence-electron chi connectivity index (χ4n) is 3.24. The molecule has 2 atom stereocenters. The van der Waals surface area contributed by atoms with E-state index in [1.807, 2.05) is 60.8 Å². The Morgan fingerprint density at radius 3 is 2.58 bits per heavy atom. The van der Waals surface area contributed by atoms with Gasteiger partial charge in [0, 0.05) is 41.0 Å². The van der Waals surface area contributed by atoms with Crippen molar-refractivity contribution in [3.63, 3.8) is 0 Å². The molecule has 0 bridgehead atoms. The Morgan fingerprint density at radius 2 is 1.81 bits per heavy atom. The highest BCUT2D eigenvalue weighted by Gasteiger charge is 2.28. The van der Waals surface area contributed by atoms with Crippen LogP contribution in [0.15, 0.2) is 78.0 Å². The molecule has 26 heavy (non-hydrogen) atoms. The Labute approximate surface area is 157 Å². The summed E-state index contributed by atoms with van der Waals surface area (Å²) in [7, 11) is 0. The molecule has 0 spiro atoms. The molecule has 130 valence electrons. The molecule has 2 heterocycles. The van der Waals surface area contributed by atoms with Gasteiger partial charge in [-0.05, 0) is 29.8 Å². The Morgan fingerprint density at radius 1 is 1.00 bits per heavy atom. The normalized spacial score (nSPS) is 19.8. The molecule has 0 aliphatic carbocycles. The first kappa shape index (κ1) is 16.8. The van der Waals surface area contributed by atoms with Gasteiger partial charge >= 0.3 is 0 Å². The summed E-state index contributed by atoms with van der Waals surface area (Å²) in [5, 5.41) is 14.5. The van der Waals surface area contributed by atoms with Gasteiger partial charge in [-0.15, -0.1) is 0 Å². The van der Waals surface area contributed by atoms with Gasteiger partial charge in [0.05, 0.1) is 5.71 Å². The lowest BCUT2D eigenvalue weighted by Gasteiger charge is -2.31. The van der Waals surface area contributed by atoms with E-state index in [0.717, 1.165) is 22.4 Å². The van der Waals surface area contributed by atoms with Crippen LogP contribution >= 0.6 is 11.6 Å². The van der Waals surface area contributed by atoms with Crippen molar-refractivity contribution in [3.05, 3.63) is 94.8 Å². The summed E-state index contributed by atoms with van der Waals surface area (Å²) in [6.07, 6.45) is 3.98. The smallest absolute Gasteiger partial charge is 0.127 e. The van der Waals surface area contributed by atoms with Crippen LogP contribution in [0.3, 0.4) is 0 Å². The lowest BCUT2D eigenvalue weighted by molar-refractivity contribution is 0.438. The number of nitrogens with zero attached hydrogens (tertiary/aromatic N) is 2. The monoisotopic (exact) mass is 363 g/mol. The van der Waals surface area contributed by atoms with Crippen LogP contribution in [0, 0.1) is 0 Å². The zero-order chi connectivity index (χ0) is 17.9. The molecule has 0 saturated carbocycles. The van der Waals surface area contributed by atoms with Crippen LogP contribution in [-0.4, -0.2) is 15.8 Å². The molecule has 1 aromatic heterocycles. The van der Waals surface area contributed by atoms with E-state index in [2.05, 4.69) is 10.3 Å². The van der Waals surface area contributed by atoms with Crippen LogP contribution in [0.4, 0.5) is 0 Å². The average molecular weight is 364 g/mol. The van der Waals surface area contributed by atoms with Gasteiger partial charge in [0.2, 0.25) is 0 Å². The maximum Gasteiger partial charge on any atom is 0.127 e. The van der Waals surface area contributed by atoms with Crippen LogP contribution in [0.25, 0.3) is 0 Å². The van der Waals surface area contributed by atoms with E-state index in [1.165, 1.54) is 0 Å². The quantitative estimate of drug-likeness (QED) is 0.711. The number of pyridine rings is 1. The third kappa shape index (κ3) is 3.34. The van der Waals surface area contributed by atoms with Crippen molar-refractivity contribution in [1.29, 1.82) is 0 Å². The molecule has 0 unspecified atom stereocenters. The molecule has 1 aliphatic rings. The number of aromatic hydroxyl groups is 1. The number of benzene rings is 2. The minimum absolute atomic E-state index is 0.0251. The third-order valence-electron chi connectivity index (χ3n) is 4.54. The zero-order valence-corrected chi connectivity index (χ0v) is 14.8. The number of halogens is 1. The Bertz CT molecular complexity index is 943. The van der Waals surface area contributed by atoms with Gasteiger partial charge in [-0.2, -0.15) is 0 Å². The number of nitrogens with one attached hydrogen (secondary N) is 1. The highest BCUT2D eigenvalue weighted by molar-refractivity contribution is 6.31. The lowest BCUT2D eigenvalue weighted by atomic mass is 9.94. The fraction of sp³-hybridized carbons (Fsp3) is 0.143. The summed E-state index contributed by atoms with van der Waals surface area (Å²) in [6.45, 7) is 0. The van der Waals surface area contributed by atoms with Gasteiger partial charge in [0.1, 0.15) is 11.9 Å². The van der Waals surface area contributed by atoms with E-state index in [4.69, 9.17) is 16.6 Å². The van der Waals surface area contributed by atoms with Crippen LogP contribution in [0.5, 0.6) is 5.75 Å². The molecular weight excluding hydrogens is 346 g/mol. The van der Waals surface area contributed by atoms with Gasteiger partial charge in [-0.1, -0.05) is 48.0 Å². The van der Waals surface area contributed by atoms with E-state index in [1.54, 1.807) is 12.3 Å². The lowest BCUT2D eigenvalue weighted by Crippen LogP contribution is -2.33. The van der Waals surface area contributed by atoms with Crippen molar-refractivity contribution in [2.24, 2.45) is 4.99 Å². The van der Waals surface area contributed by atoms with E-state index in [9.17, 15) is 5.11 Å². The second-order valence-corrected chi connectivity index (χ2v) is 6.63. The van der Waals surface area contributed by atoms with Crippen LogP contribution in [-0.2, 0) is 0 Å². The Balaban J connectivity index is 1.79. The van der Waals surface area contributed by atoms with Crippen molar-refractivity contribution in [3.8, 4) is 5.75 Å². The van der Waals surface area contributed by atoms with Crippen LogP contribution < -0.4 is 5.32 Å². The standard InChI is InChI=1S/C21H18ClN3O/c22-17-9-3-1-7-15(17)21-24-18(14-6-5-11-23-13-14)12-19(25-21)16-8-2-4-10-20(16)26/h1-11,13,18,21,24,26H,12H2/t18-,21+/m1/s1. The summed E-state index contributed by atoms with van der Waals surface area (Å²) in [5.41, 5.74) is 3.59. The van der Waals surface area contributed by atoms with Crippen molar-refractivity contribution in [2.45, 2.75) is 18.6 Å². The van der Waals surface area contributed by atoms with E-state index in [-0.39, 0.29) is 18.0 Å². The minimum atomic E-state index is -0.294. The molecule has 5 heteroatoms. The van der Waals surface area contributed by atoms with Crippen molar-refractivity contribution in [2.75, 3.05) is 0 Å². The molecule has 2 aromatic carbocycles. The Kier molecular flexibility index (Phi) is 4.69. The van der Waals surface area contributed by atoms with Gasteiger partial charge in [0.15, 0.2) is 0 Å². The Hall–Kier alpha value is -2.69. The molecule has 0 fully saturated rings. The fourth-order valence-corrected chi connectivity index (χ4v) is 3.48. The molecule has 1 aliphatic heterocycles. The summed E-state index contributed by atoms with van der Waals surface area (Å²) >= 11 is 6.41. The molecule has 3 aromatic rings. The predicted molar refractivity (Wildman–Crippen MR) is 104 cm³/mol. The number of para-hydroxylation sites is 1. The second kappa shape index (κ2) is 7.28. The number of aliphatic imine (C=N–C) groups is 1. The number of rotatable bonds is 3. The summed E-state index contributed by atoms with van der Waals surface area (Å²) in [6, 6.07) is 19.0. The molecular formula is C21H18ClN3O. The van der Waals surface area contributed by atoms with E-state index in [0.29, 0.717) is 11.4 Å². The topological polar surface area (TPSA) is 57.5 Å². The summed E-state index contributed by atoms with van der Waals surface area (Å²) in [5.74, 6) is 0.232. The molecule has 4 nitrogen and oxygen atoms in total. The summed E-state index contributed by atoms with van der Waals surface area (Å²) in [4.78, 5) is 9.10. The third-order valence-corrected chi connectivity index (χ3v) is 4.89. The highest BCUT2D eigenvalue weighted by atomic mass is 35.5. The van der Waals surface area contributed by atoms with Gasteiger partial charge < -0.3 is 5.11 Å². The van der Waals surface area contributed by atoms with Crippen LogP contribution in [0.1, 0.15) is 35.3 Å². The first-order valence-electron chi connectivity index (χ1n) is 8.48. The predicted octanol–water partition coefficient (Wildman–Crippen LogP) is 4.66. The number of hydrogen-bond acceptors (Lipinski definition) is 4. The molecule has 4 rings (SSSR count). The van der Waals surface area contributed by atoms with E-state index >= 15 is 0 Å². The number of phenols is 1. The first-order valence-corrected chi connectivity index (χ1v) is 8.85. The van der Waals surface area contributed by atoms with Crippen molar-refractivity contribution >= 4 is 17.3 Å². The van der Waals surface area contributed by atoms with Gasteiger partial charge in [-0.25, -0.2) is 0 Å². The number of hydrogen-bond donors (Lipinski definition) is 2. The molecule has 2 N–H and O–H groups in total. The zero-order valence-electron chi connectivity index (χ0n) is 14.0. The molecule has 0 amide bonds. The molecule has 0 saturated heterocycles. The van der Waals surface area contributed by atoms with Crippen molar-refractivity contribution in [1.82, 2.24) is 10.3 Å². The van der Waals surface area contributed by atoms with Gasteiger partial charge in [0.25, 0.3) is 0 Å². The maximum absolute atomic E-state index is 10.3. The van der Waals surface area contributed by atoms with Crippen LogP contribution in [0.2, 0.25) is 5.02 Å². The van der Waals surface area contributed by atoms with Gasteiger partial charge in [-0.3, -0.25) is 15.3 Å². The second-order valence-electron chi connectivity index (χ2n) is 6.23. The summed E-state index contributed by atoms with van der Waals surface area (Å²) < 4.78 is 0. The number of aromatic nitrogens is 1. The highest BCUT2D eigenvalue weighted by Crippen LogP contribution is 2.34.